The van der Waals surface area contributed by atoms with E-state index in [0.717, 1.165) is 16.5 Å². The summed E-state index contributed by atoms with van der Waals surface area (Å²) in [4.78, 5) is 15.6. The molecule has 0 radical (unpaired) electrons. The number of amides is 1. The van der Waals surface area contributed by atoms with Crippen molar-refractivity contribution < 1.29 is 18.7 Å². The van der Waals surface area contributed by atoms with Crippen molar-refractivity contribution in [1.29, 1.82) is 0 Å². The van der Waals surface area contributed by atoms with Gasteiger partial charge >= 0.3 is 0 Å². The van der Waals surface area contributed by atoms with Gasteiger partial charge in [-0.1, -0.05) is 12.1 Å². The first-order valence-electron chi connectivity index (χ1n) is 7.83. The molecule has 0 aliphatic heterocycles. The van der Waals surface area contributed by atoms with Gasteiger partial charge in [0, 0.05) is 11.5 Å². The van der Waals surface area contributed by atoms with Crippen molar-refractivity contribution in [3.63, 3.8) is 0 Å². The highest BCUT2D eigenvalue weighted by Gasteiger charge is 2.16. The van der Waals surface area contributed by atoms with Crippen LogP contribution in [0.15, 0.2) is 42.5 Å². The summed E-state index contributed by atoms with van der Waals surface area (Å²) in [5.41, 5.74) is 1.96. The van der Waals surface area contributed by atoms with Gasteiger partial charge in [-0.05, 0) is 36.8 Å². The summed E-state index contributed by atoms with van der Waals surface area (Å²) in [6, 6.07) is 11.1. The summed E-state index contributed by atoms with van der Waals surface area (Å²) in [5.74, 6) is 0.683. The van der Waals surface area contributed by atoms with Crippen molar-refractivity contribution in [2.45, 2.75) is 13.0 Å². The molecular formula is C19H19FN2O3. The van der Waals surface area contributed by atoms with Gasteiger partial charge in [0.05, 0.1) is 25.8 Å². The zero-order chi connectivity index (χ0) is 18.0. The molecule has 130 valence electrons. The molecule has 2 aromatic carbocycles. The number of hydrogen-bond donors (Lipinski definition) is 2. The molecule has 0 unspecified atom stereocenters. The second kappa shape index (κ2) is 6.84. The van der Waals surface area contributed by atoms with E-state index in [0.29, 0.717) is 17.2 Å². The van der Waals surface area contributed by atoms with Crippen LogP contribution in [-0.2, 0) is 0 Å². The summed E-state index contributed by atoms with van der Waals surface area (Å²) < 4.78 is 23.6. The molecule has 25 heavy (non-hydrogen) atoms. The van der Waals surface area contributed by atoms with E-state index in [4.69, 9.17) is 9.47 Å². The van der Waals surface area contributed by atoms with Crippen LogP contribution in [-0.4, -0.2) is 25.1 Å². The van der Waals surface area contributed by atoms with E-state index in [1.54, 1.807) is 38.5 Å². The summed E-state index contributed by atoms with van der Waals surface area (Å²) in [6.45, 7) is 1.84. The number of carbonyl (C=O) groups excluding carboxylic acids is 1. The SMILES string of the molecule is COc1cc(OC)c2[nH]c(C(=O)N[C@@H](C)c3ccc(F)cc3)cc2c1. The molecule has 3 rings (SSSR count). The van der Waals surface area contributed by atoms with Crippen LogP contribution in [0, 0.1) is 5.82 Å². The topological polar surface area (TPSA) is 63.4 Å². The average Bonchev–Trinajstić information content (AvgIpc) is 3.05. The lowest BCUT2D eigenvalue weighted by atomic mass is 10.1. The number of aromatic amines is 1. The maximum absolute atomic E-state index is 13.0. The van der Waals surface area contributed by atoms with Crippen LogP contribution >= 0.6 is 0 Å². The van der Waals surface area contributed by atoms with Crippen LogP contribution in [0.25, 0.3) is 10.9 Å². The van der Waals surface area contributed by atoms with Gasteiger partial charge in [0.1, 0.15) is 23.0 Å². The Kier molecular flexibility index (Phi) is 4.61. The van der Waals surface area contributed by atoms with Crippen molar-refractivity contribution in [1.82, 2.24) is 10.3 Å². The van der Waals surface area contributed by atoms with Gasteiger partial charge in [-0.2, -0.15) is 0 Å². The molecule has 1 amide bonds. The van der Waals surface area contributed by atoms with Gasteiger partial charge < -0.3 is 19.8 Å². The fraction of sp³-hybridized carbons (Fsp3) is 0.211. The van der Waals surface area contributed by atoms with E-state index >= 15 is 0 Å². The maximum atomic E-state index is 13.0. The number of aromatic nitrogens is 1. The number of rotatable bonds is 5. The van der Waals surface area contributed by atoms with Gasteiger partial charge in [-0.3, -0.25) is 4.79 Å². The molecule has 1 aromatic heterocycles. The van der Waals surface area contributed by atoms with Crippen LogP contribution in [0.5, 0.6) is 11.5 Å². The van der Waals surface area contributed by atoms with Gasteiger partial charge in [-0.15, -0.1) is 0 Å². The third kappa shape index (κ3) is 3.42. The maximum Gasteiger partial charge on any atom is 0.268 e. The summed E-state index contributed by atoms with van der Waals surface area (Å²) >= 11 is 0. The number of methoxy groups -OCH3 is 2. The lowest BCUT2D eigenvalue weighted by molar-refractivity contribution is 0.0935. The number of benzene rings is 2. The van der Waals surface area contributed by atoms with Gasteiger partial charge in [0.25, 0.3) is 5.91 Å². The molecule has 0 fully saturated rings. The van der Waals surface area contributed by atoms with Crippen LogP contribution in [0.4, 0.5) is 4.39 Å². The predicted octanol–water partition coefficient (Wildman–Crippen LogP) is 3.82. The van der Waals surface area contributed by atoms with Crippen LogP contribution in [0.2, 0.25) is 0 Å². The largest absolute Gasteiger partial charge is 0.497 e. The van der Waals surface area contributed by atoms with Gasteiger partial charge in [0.2, 0.25) is 0 Å². The number of H-pyrrole nitrogens is 1. The number of carbonyl (C=O) groups is 1. The molecule has 1 heterocycles. The number of halogens is 1. The Balaban J connectivity index is 1.85. The molecule has 2 N–H and O–H groups in total. The molecule has 6 heteroatoms. The molecule has 0 spiro atoms. The number of ether oxygens (including phenoxy) is 2. The molecule has 0 saturated carbocycles. The minimum atomic E-state index is -0.307. The Morgan fingerprint density at radius 2 is 1.84 bits per heavy atom. The lowest BCUT2D eigenvalue weighted by Gasteiger charge is -2.13. The lowest BCUT2D eigenvalue weighted by Crippen LogP contribution is -2.26. The zero-order valence-corrected chi connectivity index (χ0v) is 14.2. The average molecular weight is 342 g/mol. The third-order valence-corrected chi connectivity index (χ3v) is 4.08. The zero-order valence-electron chi connectivity index (χ0n) is 14.2. The number of hydrogen-bond acceptors (Lipinski definition) is 3. The predicted molar refractivity (Wildman–Crippen MR) is 93.7 cm³/mol. The van der Waals surface area contributed by atoms with Crippen LogP contribution < -0.4 is 14.8 Å². The summed E-state index contributed by atoms with van der Waals surface area (Å²) in [5, 5.41) is 3.71. The molecule has 3 aromatic rings. The monoisotopic (exact) mass is 342 g/mol. The number of nitrogens with one attached hydrogen (secondary N) is 2. The van der Waals surface area contributed by atoms with E-state index in [1.165, 1.54) is 12.1 Å². The molecule has 1 atom stereocenters. The Bertz CT molecular complexity index is 903. The fourth-order valence-electron chi connectivity index (χ4n) is 2.69. The van der Waals surface area contributed by atoms with E-state index in [-0.39, 0.29) is 17.8 Å². The first kappa shape index (κ1) is 16.8. The molecular weight excluding hydrogens is 323 g/mol. The normalized spacial score (nSPS) is 12.0. The van der Waals surface area contributed by atoms with E-state index in [1.807, 2.05) is 13.0 Å². The number of fused-ring (bicyclic) bond motifs is 1. The van der Waals surface area contributed by atoms with E-state index < -0.39 is 0 Å². The Morgan fingerprint density at radius 3 is 2.48 bits per heavy atom. The summed E-state index contributed by atoms with van der Waals surface area (Å²) in [6.07, 6.45) is 0. The van der Waals surface area contributed by atoms with E-state index in [9.17, 15) is 9.18 Å². The minimum Gasteiger partial charge on any atom is -0.497 e. The highest BCUT2D eigenvalue weighted by Crippen LogP contribution is 2.31. The second-order valence-corrected chi connectivity index (χ2v) is 5.72. The highest BCUT2D eigenvalue weighted by molar-refractivity contribution is 6.00. The standard InChI is InChI=1S/C19H19FN2O3/c1-11(12-4-6-14(20)7-5-12)21-19(23)16-9-13-8-15(24-2)10-17(25-3)18(13)22-16/h4-11,22H,1-3H3,(H,21,23)/t11-/m0/s1. The minimum absolute atomic E-state index is 0.254. The third-order valence-electron chi connectivity index (χ3n) is 4.08. The van der Waals surface area contributed by atoms with Crippen LogP contribution in [0.1, 0.15) is 29.0 Å². The molecule has 0 aliphatic rings. The molecule has 0 bridgehead atoms. The quantitative estimate of drug-likeness (QED) is 0.741. The van der Waals surface area contributed by atoms with Gasteiger partial charge in [-0.25, -0.2) is 4.39 Å². The first-order valence-corrected chi connectivity index (χ1v) is 7.83. The van der Waals surface area contributed by atoms with Crippen molar-refractivity contribution in [3.05, 3.63) is 59.5 Å². The summed E-state index contributed by atoms with van der Waals surface area (Å²) in [7, 11) is 3.14. The molecule has 5 nitrogen and oxygen atoms in total. The molecule has 0 aliphatic carbocycles. The van der Waals surface area contributed by atoms with Crippen LogP contribution in [0.3, 0.4) is 0 Å². The van der Waals surface area contributed by atoms with Crippen molar-refractivity contribution in [2.24, 2.45) is 0 Å². The van der Waals surface area contributed by atoms with Crippen molar-refractivity contribution in [3.8, 4) is 11.5 Å². The second-order valence-electron chi connectivity index (χ2n) is 5.72. The fourth-order valence-corrected chi connectivity index (χ4v) is 2.69. The Labute approximate surface area is 144 Å². The van der Waals surface area contributed by atoms with Gasteiger partial charge in [0.15, 0.2) is 0 Å². The first-order chi connectivity index (χ1) is 12.0. The highest BCUT2D eigenvalue weighted by atomic mass is 19.1. The smallest absolute Gasteiger partial charge is 0.268 e. The molecule has 0 saturated heterocycles. The van der Waals surface area contributed by atoms with Crippen molar-refractivity contribution >= 4 is 16.8 Å². The van der Waals surface area contributed by atoms with Crippen molar-refractivity contribution in [2.75, 3.05) is 14.2 Å². The van der Waals surface area contributed by atoms with E-state index in [2.05, 4.69) is 10.3 Å². The Hall–Kier alpha value is -3.02. The Morgan fingerprint density at radius 1 is 1.12 bits per heavy atom.